The van der Waals surface area contributed by atoms with E-state index in [4.69, 9.17) is 9.15 Å². The minimum atomic E-state index is -0.735. The highest BCUT2D eigenvalue weighted by atomic mass is 16.5. The summed E-state index contributed by atoms with van der Waals surface area (Å²) in [5.74, 6) is 0.520. The Bertz CT molecular complexity index is 529. The molecule has 0 aromatic carbocycles. The van der Waals surface area contributed by atoms with E-state index in [2.05, 4.69) is 17.5 Å². The van der Waals surface area contributed by atoms with E-state index in [-0.39, 0.29) is 18.1 Å². The van der Waals surface area contributed by atoms with E-state index in [1.165, 1.54) is 6.26 Å². The number of carbonyl (C=O) groups is 1. The molecule has 2 N–H and O–H groups in total. The van der Waals surface area contributed by atoms with Crippen LogP contribution in [0.2, 0.25) is 0 Å². The molecule has 1 fully saturated rings. The van der Waals surface area contributed by atoms with E-state index < -0.39 is 6.10 Å². The van der Waals surface area contributed by atoms with E-state index in [1.807, 2.05) is 0 Å². The van der Waals surface area contributed by atoms with Crippen LogP contribution in [0.4, 0.5) is 4.79 Å². The van der Waals surface area contributed by atoms with Gasteiger partial charge in [0.25, 0.3) is 0 Å². The molecule has 3 atom stereocenters. The topological polar surface area (TPSA) is 74.9 Å². The van der Waals surface area contributed by atoms with Gasteiger partial charge in [-0.2, -0.15) is 0 Å². The van der Waals surface area contributed by atoms with Crippen molar-refractivity contribution in [1.82, 2.24) is 10.2 Å². The fourth-order valence-electron chi connectivity index (χ4n) is 3.15. The largest absolute Gasteiger partial charge is 0.467 e. The number of urea groups is 1. The predicted molar refractivity (Wildman–Crippen MR) is 84.9 cm³/mol. The third-order valence-corrected chi connectivity index (χ3v) is 4.42. The Kier molecular flexibility index (Phi) is 5.35. The lowest BCUT2D eigenvalue weighted by molar-refractivity contribution is -0.00999. The van der Waals surface area contributed by atoms with Gasteiger partial charge >= 0.3 is 6.03 Å². The van der Waals surface area contributed by atoms with Crippen molar-refractivity contribution in [2.75, 3.05) is 19.8 Å². The summed E-state index contributed by atoms with van der Waals surface area (Å²) >= 11 is 0. The van der Waals surface area contributed by atoms with Crippen LogP contribution >= 0.6 is 0 Å². The Morgan fingerprint density at radius 2 is 2.43 bits per heavy atom. The molecule has 6 heteroatoms. The summed E-state index contributed by atoms with van der Waals surface area (Å²) in [5.41, 5.74) is 0. The van der Waals surface area contributed by atoms with Crippen LogP contribution in [0.1, 0.15) is 37.5 Å². The maximum absolute atomic E-state index is 12.6. The summed E-state index contributed by atoms with van der Waals surface area (Å²) < 4.78 is 10.7. The van der Waals surface area contributed by atoms with Crippen LogP contribution in [0.3, 0.4) is 0 Å². The first-order valence-corrected chi connectivity index (χ1v) is 8.27. The van der Waals surface area contributed by atoms with Crippen LogP contribution in [0.15, 0.2) is 35.0 Å². The molecule has 1 saturated heterocycles. The SMILES string of the molecule is O=C(NC1C=CCCC1)N1CCOCC1CC(O)c1ccco1. The van der Waals surface area contributed by atoms with E-state index in [0.717, 1.165) is 19.3 Å². The van der Waals surface area contributed by atoms with Gasteiger partial charge in [0.1, 0.15) is 11.9 Å². The molecule has 23 heavy (non-hydrogen) atoms. The average molecular weight is 320 g/mol. The number of aliphatic hydroxyl groups excluding tert-OH is 1. The molecule has 3 rings (SSSR count). The van der Waals surface area contributed by atoms with Crippen molar-refractivity contribution in [3.63, 3.8) is 0 Å². The molecule has 1 aromatic rings. The second kappa shape index (κ2) is 7.66. The molecule has 6 nitrogen and oxygen atoms in total. The van der Waals surface area contributed by atoms with Crippen LogP contribution < -0.4 is 5.32 Å². The zero-order valence-corrected chi connectivity index (χ0v) is 13.2. The number of nitrogens with one attached hydrogen (secondary N) is 1. The molecule has 2 aliphatic rings. The molecular weight excluding hydrogens is 296 g/mol. The van der Waals surface area contributed by atoms with E-state index in [9.17, 15) is 9.90 Å². The van der Waals surface area contributed by atoms with Gasteiger partial charge in [-0.3, -0.25) is 0 Å². The van der Waals surface area contributed by atoms with Gasteiger partial charge in [0.2, 0.25) is 0 Å². The quantitative estimate of drug-likeness (QED) is 0.834. The summed E-state index contributed by atoms with van der Waals surface area (Å²) in [6.07, 6.45) is 8.55. The van der Waals surface area contributed by atoms with Gasteiger partial charge in [-0.25, -0.2) is 4.79 Å². The van der Waals surface area contributed by atoms with Crippen molar-refractivity contribution >= 4 is 6.03 Å². The number of hydrogen-bond donors (Lipinski definition) is 2. The monoisotopic (exact) mass is 320 g/mol. The Labute approximate surface area is 136 Å². The molecule has 1 aromatic heterocycles. The minimum Gasteiger partial charge on any atom is -0.467 e. The molecule has 0 spiro atoms. The molecule has 2 heterocycles. The first-order valence-electron chi connectivity index (χ1n) is 8.27. The van der Waals surface area contributed by atoms with Crippen LogP contribution in [0.5, 0.6) is 0 Å². The lowest BCUT2D eigenvalue weighted by atomic mass is 10.0. The Hall–Kier alpha value is -1.79. The van der Waals surface area contributed by atoms with Gasteiger partial charge in [0.05, 0.1) is 25.5 Å². The van der Waals surface area contributed by atoms with Crippen LogP contribution in [-0.2, 0) is 4.74 Å². The highest BCUT2D eigenvalue weighted by Gasteiger charge is 2.31. The van der Waals surface area contributed by atoms with E-state index >= 15 is 0 Å². The first kappa shape index (κ1) is 16.1. The average Bonchev–Trinajstić information content (AvgIpc) is 3.11. The molecule has 2 amide bonds. The molecule has 0 saturated carbocycles. The lowest BCUT2D eigenvalue weighted by Crippen LogP contribution is -2.54. The van der Waals surface area contributed by atoms with Crippen molar-refractivity contribution in [2.24, 2.45) is 0 Å². The maximum atomic E-state index is 12.6. The van der Waals surface area contributed by atoms with Crippen molar-refractivity contribution in [3.8, 4) is 0 Å². The lowest BCUT2D eigenvalue weighted by Gasteiger charge is -2.37. The minimum absolute atomic E-state index is 0.0819. The van der Waals surface area contributed by atoms with Gasteiger partial charge in [-0.05, 0) is 31.4 Å². The van der Waals surface area contributed by atoms with Crippen molar-refractivity contribution in [3.05, 3.63) is 36.3 Å². The third-order valence-electron chi connectivity index (χ3n) is 4.42. The molecule has 3 unspecified atom stereocenters. The first-order chi connectivity index (χ1) is 11.2. The zero-order chi connectivity index (χ0) is 16.1. The van der Waals surface area contributed by atoms with E-state index in [1.54, 1.807) is 17.0 Å². The summed E-state index contributed by atoms with van der Waals surface area (Å²) in [7, 11) is 0. The number of amides is 2. The summed E-state index contributed by atoms with van der Waals surface area (Å²) in [6.45, 7) is 1.50. The fourth-order valence-corrected chi connectivity index (χ4v) is 3.15. The molecule has 0 bridgehead atoms. The van der Waals surface area contributed by atoms with Crippen molar-refractivity contribution in [2.45, 2.75) is 43.9 Å². The zero-order valence-electron chi connectivity index (χ0n) is 13.2. The number of hydrogen-bond acceptors (Lipinski definition) is 4. The summed E-state index contributed by atoms with van der Waals surface area (Å²) in [4.78, 5) is 14.3. The smallest absolute Gasteiger partial charge is 0.318 e. The Balaban J connectivity index is 1.60. The molecular formula is C17H24N2O4. The van der Waals surface area contributed by atoms with Crippen LogP contribution in [0.25, 0.3) is 0 Å². The maximum Gasteiger partial charge on any atom is 0.318 e. The summed E-state index contributed by atoms with van der Waals surface area (Å²) in [5, 5.41) is 13.3. The molecule has 0 radical (unpaired) electrons. The number of allylic oxidation sites excluding steroid dienone is 1. The summed E-state index contributed by atoms with van der Waals surface area (Å²) in [6, 6.07) is 3.36. The van der Waals surface area contributed by atoms with Gasteiger partial charge in [0.15, 0.2) is 0 Å². The highest BCUT2D eigenvalue weighted by Crippen LogP contribution is 2.23. The number of rotatable bonds is 4. The van der Waals surface area contributed by atoms with Crippen LogP contribution in [0, 0.1) is 0 Å². The standard InChI is InChI=1S/C17H24N2O4/c20-15(16-7-4-9-23-16)11-14-12-22-10-8-19(14)17(21)18-13-5-2-1-3-6-13/h2,4-5,7,9,13-15,20H,1,3,6,8,10-12H2,(H,18,21). The van der Waals surface area contributed by atoms with Crippen molar-refractivity contribution < 1.29 is 19.1 Å². The van der Waals surface area contributed by atoms with Gasteiger partial charge in [-0.15, -0.1) is 0 Å². The number of nitrogens with zero attached hydrogens (tertiary/aromatic N) is 1. The fraction of sp³-hybridized carbons (Fsp3) is 0.588. The second-order valence-electron chi connectivity index (χ2n) is 6.10. The molecule has 126 valence electrons. The van der Waals surface area contributed by atoms with Crippen molar-refractivity contribution in [1.29, 1.82) is 0 Å². The van der Waals surface area contributed by atoms with Gasteiger partial charge < -0.3 is 24.5 Å². The molecule has 1 aliphatic carbocycles. The second-order valence-corrected chi connectivity index (χ2v) is 6.10. The number of ether oxygens (including phenoxy) is 1. The third kappa shape index (κ3) is 4.14. The number of furan rings is 1. The Morgan fingerprint density at radius 3 is 3.17 bits per heavy atom. The van der Waals surface area contributed by atoms with Crippen LogP contribution in [-0.4, -0.2) is 47.9 Å². The number of aliphatic hydroxyl groups is 1. The number of morpholine rings is 1. The number of carbonyl (C=O) groups excluding carboxylic acids is 1. The van der Waals surface area contributed by atoms with Gasteiger partial charge in [-0.1, -0.05) is 12.2 Å². The normalized spacial score (nSPS) is 26.0. The Morgan fingerprint density at radius 1 is 1.52 bits per heavy atom. The predicted octanol–water partition coefficient (Wildman–Crippen LogP) is 2.22. The highest BCUT2D eigenvalue weighted by molar-refractivity contribution is 5.75. The molecule has 1 aliphatic heterocycles. The van der Waals surface area contributed by atoms with Gasteiger partial charge in [0, 0.05) is 19.0 Å². The van der Waals surface area contributed by atoms with E-state index in [0.29, 0.717) is 31.9 Å².